The van der Waals surface area contributed by atoms with E-state index in [1.54, 1.807) is 7.11 Å². The van der Waals surface area contributed by atoms with Gasteiger partial charge in [-0.1, -0.05) is 31.4 Å². The summed E-state index contributed by atoms with van der Waals surface area (Å²) >= 11 is 0. The fraction of sp³-hybridized carbons (Fsp3) is 0.650. The van der Waals surface area contributed by atoms with Crippen molar-refractivity contribution < 1.29 is 9.53 Å². The van der Waals surface area contributed by atoms with E-state index >= 15 is 0 Å². The van der Waals surface area contributed by atoms with Crippen LogP contribution in [0.5, 0.6) is 5.75 Å². The van der Waals surface area contributed by atoms with Gasteiger partial charge >= 0.3 is 0 Å². The monoisotopic (exact) mass is 330 g/mol. The molecule has 2 aliphatic rings. The molecule has 2 N–H and O–H groups in total. The fourth-order valence-corrected chi connectivity index (χ4v) is 4.56. The van der Waals surface area contributed by atoms with Crippen LogP contribution in [-0.2, 0) is 10.2 Å². The number of amides is 1. The van der Waals surface area contributed by atoms with E-state index in [0.717, 1.165) is 50.0 Å². The van der Waals surface area contributed by atoms with Crippen LogP contribution in [0.3, 0.4) is 0 Å². The van der Waals surface area contributed by atoms with Gasteiger partial charge in [-0.2, -0.15) is 0 Å². The quantitative estimate of drug-likeness (QED) is 0.923. The summed E-state index contributed by atoms with van der Waals surface area (Å²) < 4.78 is 5.29. The number of hydrogen-bond donors (Lipinski definition) is 1. The molecule has 2 fully saturated rings. The highest BCUT2D eigenvalue weighted by atomic mass is 16.5. The summed E-state index contributed by atoms with van der Waals surface area (Å²) in [4.78, 5) is 15.7. The minimum Gasteiger partial charge on any atom is -0.497 e. The maximum Gasteiger partial charge on any atom is 0.233 e. The van der Waals surface area contributed by atoms with Crippen molar-refractivity contribution in [3.63, 3.8) is 0 Å². The van der Waals surface area contributed by atoms with Gasteiger partial charge in [0, 0.05) is 12.6 Å². The summed E-state index contributed by atoms with van der Waals surface area (Å²) in [5.41, 5.74) is 6.65. The number of nitrogens with two attached hydrogens (primary N) is 1. The summed E-state index contributed by atoms with van der Waals surface area (Å²) in [5, 5.41) is 0. The second-order valence-electron chi connectivity index (χ2n) is 7.52. The van der Waals surface area contributed by atoms with Crippen LogP contribution in [-0.4, -0.2) is 37.0 Å². The van der Waals surface area contributed by atoms with Gasteiger partial charge in [0.2, 0.25) is 5.91 Å². The minimum atomic E-state index is -0.359. The zero-order valence-electron chi connectivity index (χ0n) is 15.0. The normalized spacial score (nSPS) is 26.4. The van der Waals surface area contributed by atoms with E-state index in [0.29, 0.717) is 24.4 Å². The number of carbonyl (C=O) groups excluding carboxylic acids is 1. The van der Waals surface area contributed by atoms with Crippen molar-refractivity contribution >= 4 is 5.91 Å². The smallest absolute Gasteiger partial charge is 0.233 e. The molecule has 1 amide bonds. The highest BCUT2D eigenvalue weighted by Crippen LogP contribution is 2.43. The van der Waals surface area contributed by atoms with Crippen molar-refractivity contribution in [1.82, 2.24) is 4.90 Å². The number of methoxy groups -OCH3 is 1. The van der Waals surface area contributed by atoms with Gasteiger partial charge in [0.15, 0.2) is 0 Å². The van der Waals surface area contributed by atoms with Gasteiger partial charge in [0.25, 0.3) is 0 Å². The van der Waals surface area contributed by atoms with Gasteiger partial charge < -0.3 is 15.4 Å². The van der Waals surface area contributed by atoms with Gasteiger partial charge in [-0.15, -0.1) is 0 Å². The fourth-order valence-electron chi connectivity index (χ4n) is 4.56. The van der Waals surface area contributed by atoms with Crippen LogP contribution in [0, 0.1) is 5.92 Å². The Morgan fingerprint density at radius 3 is 2.46 bits per heavy atom. The number of carbonyl (C=O) groups is 1. The number of likely N-dealkylation sites (tertiary alicyclic amines) is 1. The Balaban J connectivity index is 1.91. The summed E-state index contributed by atoms with van der Waals surface area (Å²) in [6.07, 6.45) is 6.41. The molecule has 0 bridgehead atoms. The second-order valence-corrected chi connectivity index (χ2v) is 7.52. The summed E-state index contributed by atoms with van der Waals surface area (Å²) in [7, 11) is 1.68. The zero-order chi connectivity index (χ0) is 17.2. The number of benzene rings is 1. The van der Waals surface area contributed by atoms with Gasteiger partial charge in [-0.05, 0) is 56.3 Å². The van der Waals surface area contributed by atoms with E-state index in [2.05, 4.69) is 24.0 Å². The van der Waals surface area contributed by atoms with Crippen molar-refractivity contribution in [2.75, 3.05) is 20.2 Å². The third-order valence-electron chi connectivity index (χ3n) is 6.01. The van der Waals surface area contributed by atoms with Crippen LogP contribution < -0.4 is 10.5 Å². The Kier molecular flexibility index (Phi) is 5.14. The van der Waals surface area contributed by atoms with Crippen LogP contribution in [0.2, 0.25) is 0 Å². The largest absolute Gasteiger partial charge is 0.497 e. The molecule has 3 rings (SSSR count). The lowest BCUT2D eigenvalue weighted by molar-refractivity contribution is -0.139. The standard InChI is InChI=1S/C20H30N2O2/c1-15-12-16(13-21)14-22(15)19(23)20(10-4-3-5-11-20)17-6-8-18(24-2)9-7-17/h6-9,15-16H,3-5,10-14,21H2,1-2H3. The third kappa shape index (κ3) is 3.04. The molecule has 24 heavy (non-hydrogen) atoms. The van der Waals surface area contributed by atoms with Crippen molar-refractivity contribution in [3.8, 4) is 5.75 Å². The number of ether oxygens (including phenoxy) is 1. The van der Waals surface area contributed by atoms with Gasteiger partial charge in [-0.25, -0.2) is 0 Å². The maximum atomic E-state index is 13.6. The Morgan fingerprint density at radius 1 is 1.25 bits per heavy atom. The van der Waals surface area contributed by atoms with Crippen molar-refractivity contribution in [3.05, 3.63) is 29.8 Å². The van der Waals surface area contributed by atoms with Crippen molar-refractivity contribution in [2.45, 2.75) is 56.9 Å². The summed E-state index contributed by atoms with van der Waals surface area (Å²) in [6.45, 7) is 3.65. The lowest BCUT2D eigenvalue weighted by Gasteiger charge is -2.40. The molecule has 1 aliphatic heterocycles. The Hall–Kier alpha value is -1.55. The van der Waals surface area contributed by atoms with Crippen molar-refractivity contribution in [2.24, 2.45) is 11.7 Å². The van der Waals surface area contributed by atoms with Crippen LogP contribution in [0.4, 0.5) is 0 Å². The van der Waals surface area contributed by atoms with E-state index < -0.39 is 0 Å². The Labute approximate surface area is 145 Å². The molecule has 2 unspecified atom stereocenters. The molecule has 1 aliphatic carbocycles. The lowest BCUT2D eigenvalue weighted by atomic mass is 9.68. The first-order valence-corrected chi connectivity index (χ1v) is 9.26. The molecule has 0 aromatic heterocycles. The Morgan fingerprint density at radius 2 is 1.92 bits per heavy atom. The van der Waals surface area contributed by atoms with Crippen molar-refractivity contribution in [1.29, 1.82) is 0 Å². The van der Waals surface area contributed by atoms with Crippen LogP contribution in [0.15, 0.2) is 24.3 Å². The van der Waals surface area contributed by atoms with E-state index in [-0.39, 0.29) is 5.41 Å². The molecular weight excluding hydrogens is 300 g/mol. The molecular formula is C20H30N2O2. The first kappa shape index (κ1) is 17.3. The first-order chi connectivity index (χ1) is 11.6. The van der Waals surface area contributed by atoms with E-state index in [4.69, 9.17) is 10.5 Å². The molecule has 1 saturated carbocycles. The maximum absolute atomic E-state index is 13.6. The number of hydrogen-bond acceptors (Lipinski definition) is 3. The first-order valence-electron chi connectivity index (χ1n) is 9.26. The predicted octanol–water partition coefficient (Wildman–Crippen LogP) is 3.09. The summed E-state index contributed by atoms with van der Waals surface area (Å²) in [6, 6.07) is 8.43. The van der Waals surface area contributed by atoms with Gasteiger partial charge in [0.1, 0.15) is 5.75 Å². The van der Waals surface area contributed by atoms with Gasteiger partial charge in [-0.3, -0.25) is 4.79 Å². The lowest BCUT2D eigenvalue weighted by Crippen LogP contribution is -2.49. The Bertz CT molecular complexity index is 564. The zero-order valence-corrected chi connectivity index (χ0v) is 15.0. The molecule has 1 heterocycles. The molecule has 4 nitrogen and oxygen atoms in total. The summed E-state index contributed by atoms with van der Waals surface area (Å²) in [5.74, 6) is 1.60. The molecule has 132 valence electrons. The molecule has 4 heteroatoms. The van der Waals surface area contributed by atoms with E-state index in [1.807, 2.05) is 12.1 Å². The van der Waals surface area contributed by atoms with Crippen LogP contribution in [0.25, 0.3) is 0 Å². The van der Waals surface area contributed by atoms with Crippen LogP contribution in [0.1, 0.15) is 51.0 Å². The number of rotatable bonds is 4. The molecule has 1 saturated heterocycles. The average molecular weight is 330 g/mol. The highest BCUT2D eigenvalue weighted by molar-refractivity contribution is 5.89. The van der Waals surface area contributed by atoms with E-state index in [9.17, 15) is 4.79 Å². The SMILES string of the molecule is COc1ccc(C2(C(=O)N3CC(CN)CC3C)CCCCC2)cc1. The second kappa shape index (κ2) is 7.14. The highest BCUT2D eigenvalue weighted by Gasteiger charge is 2.46. The van der Waals surface area contributed by atoms with Gasteiger partial charge in [0.05, 0.1) is 12.5 Å². The topological polar surface area (TPSA) is 55.6 Å². The van der Waals surface area contributed by atoms with Crippen LogP contribution >= 0.6 is 0 Å². The molecule has 2 atom stereocenters. The minimum absolute atomic E-state index is 0.295. The predicted molar refractivity (Wildman–Crippen MR) is 96.1 cm³/mol. The molecule has 1 aromatic carbocycles. The third-order valence-corrected chi connectivity index (χ3v) is 6.01. The molecule has 0 radical (unpaired) electrons. The average Bonchev–Trinajstić information content (AvgIpc) is 3.02. The van der Waals surface area contributed by atoms with E-state index in [1.165, 1.54) is 6.42 Å². The molecule has 1 aromatic rings. The molecule has 0 spiro atoms. The number of nitrogens with zero attached hydrogens (tertiary/aromatic N) is 1.